The van der Waals surface area contributed by atoms with Gasteiger partial charge in [-0.3, -0.25) is 51.4 Å². The van der Waals surface area contributed by atoms with Crippen LogP contribution >= 0.6 is 31.1 Å². The third kappa shape index (κ3) is 12.2. The monoisotopic (exact) mass is 1150 g/mol. The summed E-state index contributed by atoms with van der Waals surface area (Å²) in [5.41, 5.74) is 9.41. The van der Waals surface area contributed by atoms with E-state index in [0.717, 1.165) is 36.6 Å². The van der Waals surface area contributed by atoms with Crippen molar-refractivity contribution >= 4 is 65.2 Å². The highest BCUT2D eigenvalue weighted by Crippen LogP contribution is 2.62. The summed E-state index contributed by atoms with van der Waals surface area (Å²) in [6.45, 7) is -3.06. The molecule has 37 nitrogen and oxygen atoms in total. The van der Waals surface area contributed by atoms with Crippen molar-refractivity contribution in [1.82, 2.24) is 48.5 Å². The van der Waals surface area contributed by atoms with E-state index in [2.05, 4.69) is 29.2 Å². The third-order valence-electron chi connectivity index (χ3n) is 11.9. The Kier molecular flexibility index (Phi) is 16.6. The Labute approximate surface area is 418 Å². The maximum Gasteiger partial charge on any atom is 0.480 e. The lowest BCUT2D eigenvalue weighted by Crippen LogP contribution is -2.45. The van der Waals surface area contributed by atoms with Crippen LogP contribution in [0, 0.1) is 5.92 Å². The smallest absolute Gasteiger partial charge is 0.387 e. The summed E-state index contributed by atoms with van der Waals surface area (Å²) < 4.78 is 111. The first-order valence-electron chi connectivity index (χ1n) is 21.7. The molecule has 16 atom stereocenters. The predicted octanol–water partition coefficient (Wildman–Crippen LogP) is -4.01. The van der Waals surface area contributed by atoms with Gasteiger partial charge < -0.3 is 70.0 Å². The number of hydrogen-bond donors (Lipinski definition) is 12. The fraction of sp³-hybridized carbons (Fsp3) is 0.588. The number of fused-ring (bicyclic) bond motifs is 2. The van der Waals surface area contributed by atoms with Gasteiger partial charge >= 0.3 is 42.5 Å². The number of nitrogens with zero attached hydrogens (tertiary/aromatic N) is 8. The van der Waals surface area contributed by atoms with Crippen molar-refractivity contribution in [3.05, 3.63) is 62.4 Å². The number of phosphoric acid groups is 2. The molecule has 41 heteroatoms. The first-order valence-corrected chi connectivity index (χ1v) is 27.8. The Balaban J connectivity index is 0.942. The average Bonchev–Trinajstić information content (AvgIpc) is 4.12. The Bertz CT molecular complexity index is 3280. The Hall–Kier alpha value is -4.62. The van der Waals surface area contributed by atoms with Gasteiger partial charge in [0, 0.05) is 39.0 Å². The largest absolute Gasteiger partial charge is 0.480 e. The number of ether oxygens (including phenoxy) is 5. The number of phosphoric ester groups is 2. The van der Waals surface area contributed by atoms with Crippen LogP contribution in [0.5, 0.6) is 0 Å². The fourth-order valence-corrected chi connectivity index (χ4v) is 13.5. The lowest BCUT2D eigenvalue weighted by atomic mass is 9.95. The fourth-order valence-electron chi connectivity index (χ4n) is 8.54. The molecule has 3 aliphatic rings. The molecule has 0 spiro atoms. The Morgan fingerprint density at radius 3 is 2.21 bits per heavy atom. The molecule has 5 aromatic rings. The maximum absolute atomic E-state index is 13.6. The zero-order chi connectivity index (χ0) is 54.5. The number of nitrogens with two attached hydrogens (primary N) is 2. The summed E-state index contributed by atoms with van der Waals surface area (Å²) >= 11 is 0. The summed E-state index contributed by atoms with van der Waals surface area (Å²) in [6.07, 6.45) is -12.9. The van der Waals surface area contributed by atoms with E-state index in [4.69, 9.17) is 53.2 Å². The molecule has 3 fully saturated rings. The Morgan fingerprint density at radius 1 is 0.813 bits per heavy atom. The van der Waals surface area contributed by atoms with Crippen LogP contribution in [0.3, 0.4) is 0 Å². The highest BCUT2D eigenvalue weighted by Gasteiger charge is 2.53. The van der Waals surface area contributed by atoms with Crippen molar-refractivity contribution in [2.75, 3.05) is 52.1 Å². The highest BCUT2D eigenvalue weighted by atomic mass is 31.3. The second-order valence-corrected chi connectivity index (χ2v) is 23.2. The van der Waals surface area contributed by atoms with E-state index in [1.165, 1.54) is 39.0 Å². The molecule has 0 amide bonds. The number of anilines is 2. The minimum Gasteiger partial charge on any atom is -0.387 e. The van der Waals surface area contributed by atoms with Gasteiger partial charge in [-0.2, -0.15) is 4.31 Å². The first-order chi connectivity index (χ1) is 35.2. The van der Waals surface area contributed by atoms with Gasteiger partial charge in [0.15, 0.2) is 30.2 Å². The highest BCUT2D eigenvalue weighted by molar-refractivity contribution is 7.71. The molecule has 14 N–H and O–H groups in total. The van der Waals surface area contributed by atoms with Crippen LogP contribution in [0.15, 0.2) is 45.6 Å². The van der Waals surface area contributed by atoms with E-state index >= 15 is 0 Å². The zero-order valence-corrected chi connectivity index (χ0v) is 42.5. The predicted molar refractivity (Wildman–Crippen MR) is 244 cm³/mol. The topological polar surface area (TPSA) is 519 Å². The van der Waals surface area contributed by atoms with E-state index in [0.29, 0.717) is 0 Å². The summed E-state index contributed by atoms with van der Waals surface area (Å²) in [5, 5.41) is 32.7. The molecule has 0 radical (unpaired) electrons. The molecule has 0 aromatic carbocycles. The minimum atomic E-state index is -5.93. The molecule has 4 unspecified atom stereocenters. The van der Waals surface area contributed by atoms with Crippen LogP contribution in [-0.2, 0) is 71.4 Å². The van der Waals surface area contributed by atoms with Crippen LogP contribution < -0.4 is 37.7 Å². The Morgan fingerprint density at radius 2 is 1.51 bits per heavy atom. The summed E-state index contributed by atoms with van der Waals surface area (Å²) in [5.74, 6) is -1.24. The van der Waals surface area contributed by atoms with Crippen molar-refractivity contribution in [2.24, 2.45) is 13.0 Å². The van der Waals surface area contributed by atoms with Gasteiger partial charge in [-0.05, 0) is 6.42 Å². The van der Waals surface area contributed by atoms with E-state index in [1.54, 1.807) is 0 Å². The van der Waals surface area contributed by atoms with Crippen molar-refractivity contribution in [3.8, 4) is 0 Å². The molecule has 3 saturated heterocycles. The molecule has 414 valence electrons. The third-order valence-corrected chi connectivity index (χ3v) is 17.6. The molecular formula is C34H50N13O24P4+. The summed E-state index contributed by atoms with van der Waals surface area (Å²) in [6, 6.07) is 0.929. The van der Waals surface area contributed by atoms with Crippen LogP contribution in [-0.4, -0.2) is 168 Å². The number of aromatic nitrogens is 10. The lowest BCUT2D eigenvalue weighted by molar-refractivity contribution is -0.745. The summed E-state index contributed by atoms with van der Waals surface area (Å²) in [7, 11) is -18.8. The molecule has 8 rings (SSSR count). The number of imidazole rings is 2. The lowest BCUT2D eigenvalue weighted by Gasteiger charge is -2.26. The van der Waals surface area contributed by atoms with Gasteiger partial charge in [-0.15, -0.1) is 4.86 Å². The van der Waals surface area contributed by atoms with Gasteiger partial charge in [-0.1, -0.05) is 4.98 Å². The zero-order valence-electron chi connectivity index (χ0n) is 38.9. The molecule has 3 aliphatic heterocycles. The molecule has 0 aliphatic carbocycles. The van der Waals surface area contributed by atoms with Crippen molar-refractivity contribution in [1.29, 1.82) is 0 Å². The van der Waals surface area contributed by atoms with E-state index in [-0.39, 0.29) is 47.1 Å². The van der Waals surface area contributed by atoms with Gasteiger partial charge in [-0.25, -0.2) is 42.6 Å². The molecular weight excluding hydrogens is 1100 g/mol. The second-order valence-electron chi connectivity index (χ2n) is 16.8. The van der Waals surface area contributed by atoms with Gasteiger partial charge in [0.25, 0.3) is 17.1 Å². The molecule has 0 bridgehead atoms. The van der Waals surface area contributed by atoms with Gasteiger partial charge in [0.1, 0.15) is 54.6 Å². The number of aliphatic hydroxyl groups is 3. The number of aromatic amines is 2. The SMILES string of the molecule is COCC[C@H]1[C@@H](O)[C@H]([n+]2cn(C)c3c(=O)[nH]c(N)nc32)O[C@@H]1COP(=O)(O)NP(=O)(O)OP(=O)(O)OC[C@H]1O[C@@H](n2cnc3c(N)ncnc32)[C@H](OC)[C@@H]1OP(=O)(O)OC[C@H]1O[C@@H](n2ccc(=O)[nH]c2=O)[C@H](O)[C@@H]1O. The van der Waals surface area contributed by atoms with E-state index < -0.39 is 141 Å². The van der Waals surface area contributed by atoms with Crippen LogP contribution in [0.4, 0.5) is 11.8 Å². The number of hydrogen-bond acceptors (Lipinski definition) is 26. The quantitative estimate of drug-likeness (QED) is 0.0232. The van der Waals surface area contributed by atoms with Crippen molar-refractivity contribution < 1.29 is 104 Å². The second kappa shape index (κ2) is 22.0. The van der Waals surface area contributed by atoms with Crippen molar-refractivity contribution in [3.63, 3.8) is 0 Å². The van der Waals surface area contributed by atoms with E-state index in [1.807, 2.05) is 4.98 Å². The maximum atomic E-state index is 13.6. The number of methoxy groups -OCH3 is 2. The standard InChI is InChI=1S/C34H49N13O24P4/c1-44-13-47(28-20(44)29(52)42-33(36)41-28)30-21(49)14(5-7-62-2)15(67-30)8-64-72(54,55)43-73(56,57)71-75(60,61)66-10-17-24(25(63-3)32(69-17)46-12-39-19-26(35)37-11-38-27(19)46)70-74(58,59)65-9-16-22(50)23(51)31(68-16)45-6-4-18(48)40-34(45)53/h4,6,11-17,21-25,30-32,49-51H,5,7-10H2,1-3H3,(H10-,35,36,37,38,40,41,42,43,48,52,53,54,55,56,57,58,59,60,61)/p+1/t14-,15-,16-,17-,21-,22-,23-,24-,25-,30-,31-,32-/m1/s1. The van der Waals surface area contributed by atoms with Crippen LogP contribution in [0.2, 0.25) is 0 Å². The van der Waals surface area contributed by atoms with E-state index in [9.17, 15) is 67.5 Å². The number of nitrogens with one attached hydrogen (secondary N) is 3. The normalized spacial score (nSPS) is 30.4. The number of rotatable bonds is 22. The van der Waals surface area contributed by atoms with Crippen LogP contribution in [0.25, 0.3) is 22.3 Å². The van der Waals surface area contributed by atoms with Gasteiger partial charge in [0.05, 0.1) is 39.3 Å². The van der Waals surface area contributed by atoms with Gasteiger partial charge in [0.2, 0.25) is 11.7 Å². The minimum absolute atomic E-state index is 0.00407. The first kappa shape index (κ1) is 56.6. The number of nitrogen functional groups attached to an aromatic ring is 2. The summed E-state index contributed by atoms with van der Waals surface area (Å²) in [4.78, 5) is 101. The number of aryl methyl sites for hydroxylation is 1. The van der Waals surface area contributed by atoms with Crippen molar-refractivity contribution in [2.45, 2.75) is 73.9 Å². The molecule has 0 saturated carbocycles. The number of H-pyrrole nitrogens is 2. The molecule has 75 heavy (non-hydrogen) atoms. The molecule has 5 aromatic heterocycles. The molecule has 8 heterocycles. The van der Waals surface area contributed by atoms with Crippen LogP contribution in [0.1, 0.15) is 25.1 Å². The number of aliphatic hydroxyl groups excluding tert-OH is 3. The average molecular weight is 1150 g/mol.